The molecule has 0 unspecified atom stereocenters. The van der Waals surface area contributed by atoms with Gasteiger partial charge < -0.3 is 14.4 Å². The summed E-state index contributed by atoms with van der Waals surface area (Å²) in [6.45, 7) is 2.06. The van der Waals surface area contributed by atoms with Crippen molar-refractivity contribution in [2.24, 2.45) is 0 Å². The molecule has 0 spiro atoms. The Kier molecular flexibility index (Phi) is 7.46. The lowest BCUT2D eigenvalue weighted by Gasteiger charge is -2.35. The van der Waals surface area contributed by atoms with Gasteiger partial charge in [0.05, 0.1) is 30.8 Å². The van der Waals surface area contributed by atoms with Crippen molar-refractivity contribution in [1.29, 1.82) is 0 Å². The van der Waals surface area contributed by atoms with Crippen molar-refractivity contribution in [1.82, 2.24) is 19.8 Å². The van der Waals surface area contributed by atoms with Crippen LogP contribution in [0.15, 0.2) is 12.3 Å². The van der Waals surface area contributed by atoms with Crippen molar-refractivity contribution in [3.05, 3.63) is 17.8 Å². The van der Waals surface area contributed by atoms with Gasteiger partial charge in [0, 0.05) is 30.9 Å². The average molecular weight is 492 g/mol. The van der Waals surface area contributed by atoms with Crippen LogP contribution in [0.25, 0.3) is 15.8 Å². The number of urea groups is 1. The van der Waals surface area contributed by atoms with E-state index in [1.165, 1.54) is 23.3 Å². The van der Waals surface area contributed by atoms with Crippen LogP contribution in [0.2, 0.25) is 0 Å². The lowest BCUT2D eigenvalue weighted by Crippen LogP contribution is -2.49. The fraction of sp³-hybridized carbons (Fsp3) is 0.476. The number of nitrogens with one attached hydrogen (secondary N) is 1. The molecule has 176 valence electrons. The highest BCUT2D eigenvalue weighted by molar-refractivity contribution is 7.81. The van der Waals surface area contributed by atoms with Crippen molar-refractivity contribution in [3.8, 4) is 5.88 Å². The molecule has 33 heavy (non-hydrogen) atoms. The summed E-state index contributed by atoms with van der Waals surface area (Å²) in [4.78, 5) is 47.8. The van der Waals surface area contributed by atoms with Gasteiger partial charge in [-0.3, -0.25) is 19.8 Å². The maximum absolute atomic E-state index is 12.9. The highest BCUT2D eigenvalue weighted by Gasteiger charge is 2.29. The first-order chi connectivity index (χ1) is 16.0. The molecule has 1 fully saturated rings. The van der Waals surface area contributed by atoms with Gasteiger partial charge in [0.1, 0.15) is 5.52 Å². The molecule has 2 aliphatic rings. The maximum atomic E-state index is 12.9. The minimum absolute atomic E-state index is 0.0265. The third-order valence-corrected chi connectivity index (χ3v) is 7.06. The average Bonchev–Trinajstić information content (AvgIpc) is 3.28. The molecule has 0 aliphatic carbocycles. The number of imide groups is 1. The minimum Gasteiger partial charge on any atom is -0.479 e. The van der Waals surface area contributed by atoms with Crippen LogP contribution in [0.5, 0.6) is 5.88 Å². The van der Waals surface area contributed by atoms with Crippen molar-refractivity contribution < 1.29 is 23.9 Å². The summed E-state index contributed by atoms with van der Waals surface area (Å²) >= 11 is 5.33. The predicted octanol–water partition coefficient (Wildman–Crippen LogP) is 2.41. The van der Waals surface area contributed by atoms with E-state index in [9.17, 15) is 14.4 Å². The molecule has 4 heterocycles. The number of thiazole rings is 1. The molecule has 2 aliphatic heterocycles. The Morgan fingerprint density at radius 2 is 2.21 bits per heavy atom. The van der Waals surface area contributed by atoms with Crippen molar-refractivity contribution in [2.45, 2.75) is 25.3 Å². The van der Waals surface area contributed by atoms with Crippen LogP contribution in [-0.4, -0.2) is 83.3 Å². The number of ether oxygens (including phenoxy) is 2. The van der Waals surface area contributed by atoms with Gasteiger partial charge in [0.25, 0.3) is 0 Å². The number of hydrogen-bond donors (Lipinski definition) is 2. The number of likely N-dealkylation sites (tertiary alicyclic amines) is 1. The summed E-state index contributed by atoms with van der Waals surface area (Å²) in [6.07, 6.45) is 6.18. The fourth-order valence-electron chi connectivity index (χ4n) is 4.04. The summed E-state index contributed by atoms with van der Waals surface area (Å²) < 4.78 is 11.7. The predicted molar refractivity (Wildman–Crippen MR) is 128 cm³/mol. The third-order valence-electron chi connectivity index (χ3n) is 5.78. The van der Waals surface area contributed by atoms with Crippen LogP contribution in [0.4, 0.5) is 9.93 Å². The van der Waals surface area contributed by atoms with Gasteiger partial charge in [-0.25, -0.2) is 14.8 Å². The molecule has 2 aromatic heterocycles. The van der Waals surface area contributed by atoms with Crippen LogP contribution >= 0.6 is 24.0 Å². The van der Waals surface area contributed by atoms with E-state index in [-0.39, 0.29) is 23.7 Å². The number of pyridine rings is 1. The third kappa shape index (κ3) is 4.97. The monoisotopic (exact) mass is 491 g/mol. The first-order valence-electron chi connectivity index (χ1n) is 10.6. The number of carbonyl (C=O) groups is 3. The molecule has 0 aromatic carbocycles. The van der Waals surface area contributed by atoms with Gasteiger partial charge in [-0.05, 0) is 24.8 Å². The normalized spacial score (nSPS) is 16.9. The van der Waals surface area contributed by atoms with E-state index < -0.39 is 0 Å². The van der Waals surface area contributed by atoms with Crippen LogP contribution in [0.3, 0.4) is 0 Å². The quantitative estimate of drug-likeness (QED) is 0.471. The number of methoxy groups -OCH3 is 1. The number of piperidine rings is 1. The fourth-order valence-corrected chi connectivity index (χ4v) is 5.20. The zero-order valence-corrected chi connectivity index (χ0v) is 19.9. The highest BCUT2D eigenvalue weighted by atomic mass is 32.1. The van der Waals surface area contributed by atoms with E-state index in [0.29, 0.717) is 62.1 Å². The molecule has 12 heteroatoms. The zero-order chi connectivity index (χ0) is 23.4. The number of hydrogen-bond acceptors (Lipinski definition) is 9. The Morgan fingerprint density at radius 1 is 1.42 bits per heavy atom. The summed E-state index contributed by atoms with van der Waals surface area (Å²) in [7, 11) is 1.54. The van der Waals surface area contributed by atoms with Crippen LogP contribution in [0.1, 0.15) is 24.8 Å². The molecule has 0 atom stereocenters. The van der Waals surface area contributed by atoms with Gasteiger partial charge in [-0.2, -0.15) is 12.6 Å². The molecule has 0 bridgehead atoms. The van der Waals surface area contributed by atoms with E-state index in [1.54, 1.807) is 11.1 Å². The summed E-state index contributed by atoms with van der Waals surface area (Å²) in [6, 6.07) is -0.497. The number of nitrogens with zero attached hydrogens (tertiary/aromatic N) is 4. The van der Waals surface area contributed by atoms with Gasteiger partial charge in [-0.15, -0.1) is 0 Å². The van der Waals surface area contributed by atoms with Crippen molar-refractivity contribution in [3.63, 3.8) is 0 Å². The summed E-state index contributed by atoms with van der Waals surface area (Å²) in [5.41, 5.74) is 2.71. The van der Waals surface area contributed by atoms with E-state index in [4.69, 9.17) is 9.47 Å². The SMILES string of the molecule is COc1ncc(C2=CCOCC2)c2sc(NC(=O)N3CCC(N(C=O)C(=O)CS)CC3)nc12. The van der Waals surface area contributed by atoms with Crippen LogP contribution in [0, 0.1) is 0 Å². The molecular formula is C21H25N5O5S2. The number of carbonyl (C=O) groups excluding carboxylic acids is 3. The Labute approximate surface area is 200 Å². The van der Waals surface area contributed by atoms with Gasteiger partial charge in [0.2, 0.25) is 18.2 Å². The number of aromatic nitrogens is 2. The first kappa shape index (κ1) is 23.5. The van der Waals surface area contributed by atoms with Crippen LogP contribution in [-0.2, 0) is 14.3 Å². The van der Waals surface area contributed by atoms with Gasteiger partial charge in [-0.1, -0.05) is 17.4 Å². The number of rotatable bonds is 6. The Balaban J connectivity index is 1.48. The maximum Gasteiger partial charge on any atom is 0.323 e. The first-order valence-corrected chi connectivity index (χ1v) is 12.0. The van der Waals surface area contributed by atoms with E-state index in [2.05, 4.69) is 27.9 Å². The molecular weight excluding hydrogens is 466 g/mol. The molecule has 10 nitrogen and oxygen atoms in total. The number of anilines is 1. The van der Waals surface area contributed by atoms with E-state index in [0.717, 1.165) is 22.3 Å². The van der Waals surface area contributed by atoms with Crippen LogP contribution < -0.4 is 10.1 Å². The Hall–Kier alpha value is -2.70. The van der Waals surface area contributed by atoms with Gasteiger partial charge >= 0.3 is 6.03 Å². The minimum atomic E-state index is -0.330. The Morgan fingerprint density at radius 3 is 2.85 bits per heavy atom. The lowest BCUT2D eigenvalue weighted by molar-refractivity contribution is -0.139. The number of amides is 4. The smallest absolute Gasteiger partial charge is 0.323 e. The number of fused-ring (bicyclic) bond motifs is 1. The molecule has 2 aromatic rings. The van der Waals surface area contributed by atoms with Crippen molar-refractivity contribution >= 4 is 63.2 Å². The van der Waals surface area contributed by atoms with Gasteiger partial charge in [0.15, 0.2) is 5.13 Å². The zero-order valence-electron chi connectivity index (χ0n) is 18.2. The molecule has 4 rings (SSSR count). The molecule has 0 saturated carbocycles. The topological polar surface area (TPSA) is 114 Å². The van der Waals surface area contributed by atoms with E-state index in [1.807, 2.05) is 6.08 Å². The molecule has 1 saturated heterocycles. The summed E-state index contributed by atoms with van der Waals surface area (Å²) in [5.74, 6) is 0.0480. The lowest BCUT2D eigenvalue weighted by atomic mass is 10.0. The number of thiol groups is 1. The summed E-state index contributed by atoms with van der Waals surface area (Å²) in [5, 5.41) is 3.33. The highest BCUT2D eigenvalue weighted by Crippen LogP contribution is 2.38. The standard InChI is InChI=1S/C21H25N5O5S2/c1-30-19-17-18(15(10-22-19)13-4-8-31-9-5-13)33-20(23-17)24-21(29)25-6-2-14(3-7-25)26(12-27)16(28)11-32/h4,10,12,14,32H,2-3,5-9,11H2,1H3,(H,23,24,29). The second-order valence-corrected chi connectivity index (χ2v) is 8.96. The molecule has 0 radical (unpaired) electrons. The Bertz CT molecular complexity index is 1080. The molecule has 1 N–H and O–H groups in total. The second-order valence-electron chi connectivity index (χ2n) is 7.65. The second kappa shape index (κ2) is 10.5. The van der Waals surface area contributed by atoms with E-state index >= 15 is 0 Å². The molecule has 4 amide bonds. The largest absolute Gasteiger partial charge is 0.479 e. The van der Waals surface area contributed by atoms with Crippen molar-refractivity contribution in [2.75, 3.05) is 44.5 Å².